The largest absolute Gasteiger partial charge is 0.496 e. The fourth-order valence-electron chi connectivity index (χ4n) is 1.73. The van der Waals surface area contributed by atoms with Gasteiger partial charge in [-0.2, -0.15) is 0 Å². The maximum atomic E-state index is 6.00. The predicted octanol–water partition coefficient (Wildman–Crippen LogP) is 3.55. The van der Waals surface area contributed by atoms with Crippen molar-refractivity contribution in [3.05, 3.63) is 39.7 Å². The van der Waals surface area contributed by atoms with E-state index in [9.17, 15) is 0 Å². The molecule has 2 aromatic rings. The lowest BCUT2D eigenvalue weighted by Gasteiger charge is -2.12. The third kappa shape index (κ3) is 3.32. The standard InChI is InChI=1S/C13H14BrClN4O/c1-16-11-12(15)18-7-19-13(11)17-6-8-3-4-10(20-2)9(14)5-8/h3-5,7,16H,6H2,1-2H3,(H,17,18,19). The summed E-state index contributed by atoms with van der Waals surface area (Å²) < 4.78 is 6.11. The van der Waals surface area contributed by atoms with Gasteiger partial charge in [0.15, 0.2) is 11.0 Å². The minimum atomic E-state index is 0.390. The first-order valence-corrected chi connectivity index (χ1v) is 7.07. The second-order valence-electron chi connectivity index (χ2n) is 3.96. The lowest BCUT2D eigenvalue weighted by atomic mass is 10.2. The molecule has 1 aromatic carbocycles. The summed E-state index contributed by atoms with van der Waals surface area (Å²) >= 11 is 9.46. The fraction of sp³-hybridized carbons (Fsp3) is 0.231. The zero-order chi connectivity index (χ0) is 14.5. The van der Waals surface area contributed by atoms with Crippen molar-refractivity contribution >= 4 is 39.0 Å². The SMILES string of the molecule is CNc1c(Cl)ncnc1NCc1ccc(OC)c(Br)c1. The van der Waals surface area contributed by atoms with Crippen LogP contribution in [0.3, 0.4) is 0 Å². The van der Waals surface area contributed by atoms with E-state index in [1.165, 1.54) is 6.33 Å². The van der Waals surface area contributed by atoms with Crippen LogP contribution in [0.5, 0.6) is 5.75 Å². The number of aromatic nitrogens is 2. The molecule has 0 bridgehead atoms. The van der Waals surface area contributed by atoms with Gasteiger partial charge < -0.3 is 15.4 Å². The summed E-state index contributed by atoms with van der Waals surface area (Å²) in [5.74, 6) is 1.47. The van der Waals surface area contributed by atoms with Gasteiger partial charge in [0, 0.05) is 13.6 Å². The van der Waals surface area contributed by atoms with Gasteiger partial charge in [-0.15, -0.1) is 0 Å². The van der Waals surface area contributed by atoms with Crippen LogP contribution in [-0.2, 0) is 6.54 Å². The van der Waals surface area contributed by atoms with Crippen molar-refractivity contribution in [2.45, 2.75) is 6.54 Å². The Morgan fingerprint density at radius 3 is 2.80 bits per heavy atom. The normalized spacial score (nSPS) is 10.2. The molecule has 0 fully saturated rings. The Bertz CT molecular complexity index is 609. The summed E-state index contributed by atoms with van der Waals surface area (Å²) in [6.45, 7) is 0.616. The minimum Gasteiger partial charge on any atom is -0.496 e. The van der Waals surface area contributed by atoms with Crippen LogP contribution >= 0.6 is 27.5 Å². The molecule has 20 heavy (non-hydrogen) atoms. The summed E-state index contributed by atoms with van der Waals surface area (Å²) in [4.78, 5) is 8.11. The van der Waals surface area contributed by atoms with Gasteiger partial charge in [-0.05, 0) is 33.6 Å². The molecule has 0 amide bonds. The summed E-state index contributed by atoms with van der Waals surface area (Å²) in [6, 6.07) is 5.89. The maximum Gasteiger partial charge on any atom is 0.157 e. The smallest absolute Gasteiger partial charge is 0.157 e. The molecule has 1 aromatic heterocycles. The minimum absolute atomic E-state index is 0.390. The fourth-order valence-corrected chi connectivity index (χ4v) is 2.54. The second kappa shape index (κ2) is 6.76. The van der Waals surface area contributed by atoms with E-state index >= 15 is 0 Å². The van der Waals surface area contributed by atoms with E-state index in [0.717, 1.165) is 15.8 Å². The van der Waals surface area contributed by atoms with Crippen LogP contribution in [0, 0.1) is 0 Å². The summed E-state index contributed by atoms with van der Waals surface area (Å²) in [6.07, 6.45) is 1.43. The van der Waals surface area contributed by atoms with Crippen molar-refractivity contribution < 1.29 is 4.74 Å². The van der Waals surface area contributed by atoms with Crippen molar-refractivity contribution in [3.8, 4) is 5.75 Å². The van der Waals surface area contributed by atoms with E-state index < -0.39 is 0 Å². The lowest BCUT2D eigenvalue weighted by Crippen LogP contribution is -2.06. The highest BCUT2D eigenvalue weighted by atomic mass is 79.9. The van der Waals surface area contributed by atoms with Crippen LogP contribution < -0.4 is 15.4 Å². The van der Waals surface area contributed by atoms with Gasteiger partial charge in [-0.3, -0.25) is 0 Å². The van der Waals surface area contributed by atoms with E-state index in [1.54, 1.807) is 14.2 Å². The number of nitrogens with one attached hydrogen (secondary N) is 2. The average Bonchev–Trinajstić information content (AvgIpc) is 2.45. The summed E-state index contributed by atoms with van der Waals surface area (Å²) in [7, 11) is 3.42. The zero-order valence-corrected chi connectivity index (χ0v) is 13.4. The Morgan fingerprint density at radius 2 is 2.15 bits per heavy atom. The van der Waals surface area contributed by atoms with Crippen LogP contribution in [0.4, 0.5) is 11.5 Å². The van der Waals surface area contributed by atoms with E-state index in [2.05, 4.69) is 36.5 Å². The lowest BCUT2D eigenvalue weighted by molar-refractivity contribution is 0.412. The predicted molar refractivity (Wildman–Crippen MR) is 84.6 cm³/mol. The first kappa shape index (κ1) is 14.9. The van der Waals surface area contributed by atoms with Crippen molar-refractivity contribution in [1.29, 1.82) is 0 Å². The van der Waals surface area contributed by atoms with E-state index in [4.69, 9.17) is 16.3 Å². The van der Waals surface area contributed by atoms with Crippen molar-refractivity contribution in [1.82, 2.24) is 9.97 Å². The van der Waals surface area contributed by atoms with Crippen LogP contribution in [0.1, 0.15) is 5.56 Å². The average molecular weight is 358 g/mol. The molecular formula is C13H14BrClN4O. The van der Waals surface area contributed by atoms with Crippen molar-refractivity contribution in [3.63, 3.8) is 0 Å². The molecule has 1 heterocycles. The molecular weight excluding hydrogens is 344 g/mol. The number of hydrogen-bond acceptors (Lipinski definition) is 5. The molecule has 0 aliphatic carbocycles. The Morgan fingerprint density at radius 1 is 1.35 bits per heavy atom. The summed E-state index contributed by atoms with van der Waals surface area (Å²) in [5, 5.41) is 6.60. The third-order valence-corrected chi connectivity index (χ3v) is 3.63. The van der Waals surface area contributed by atoms with Crippen LogP contribution in [0.2, 0.25) is 5.15 Å². The van der Waals surface area contributed by atoms with Crippen molar-refractivity contribution in [2.75, 3.05) is 24.8 Å². The molecule has 0 saturated carbocycles. The molecule has 0 radical (unpaired) electrons. The van der Waals surface area contributed by atoms with Gasteiger partial charge in [-0.1, -0.05) is 17.7 Å². The number of rotatable bonds is 5. The van der Waals surface area contributed by atoms with Crippen LogP contribution in [0.25, 0.3) is 0 Å². The van der Waals surface area contributed by atoms with E-state index in [0.29, 0.717) is 23.2 Å². The molecule has 106 valence electrons. The molecule has 0 saturated heterocycles. The number of hydrogen-bond donors (Lipinski definition) is 2. The Kier molecular flexibility index (Phi) is 5.03. The number of methoxy groups -OCH3 is 1. The quantitative estimate of drug-likeness (QED) is 0.801. The Balaban J connectivity index is 2.13. The third-order valence-electron chi connectivity index (χ3n) is 2.73. The molecule has 5 nitrogen and oxygen atoms in total. The first-order valence-electron chi connectivity index (χ1n) is 5.90. The molecule has 0 aliphatic rings. The molecule has 0 aliphatic heterocycles. The number of anilines is 2. The molecule has 2 N–H and O–H groups in total. The Labute approximate surface area is 130 Å². The highest BCUT2D eigenvalue weighted by molar-refractivity contribution is 9.10. The molecule has 2 rings (SSSR count). The topological polar surface area (TPSA) is 59.1 Å². The molecule has 0 unspecified atom stereocenters. The van der Waals surface area contributed by atoms with E-state index in [1.807, 2.05) is 18.2 Å². The number of nitrogens with zero attached hydrogens (tertiary/aromatic N) is 2. The Hall–Kier alpha value is -1.53. The molecule has 0 atom stereocenters. The van der Waals surface area contributed by atoms with Crippen LogP contribution in [-0.4, -0.2) is 24.1 Å². The first-order chi connectivity index (χ1) is 9.65. The van der Waals surface area contributed by atoms with Crippen molar-refractivity contribution in [2.24, 2.45) is 0 Å². The molecule has 0 spiro atoms. The summed E-state index contributed by atoms with van der Waals surface area (Å²) in [5.41, 5.74) is 1.77. The zero-order valence-electron chi connectivity index (χ0n) is 11.1. The van der Waals surface area contributed by atoms with Gasteiger partial charge in [0.25, 0.3) is 0 Å². The number of benzene rings is 1. The van der Waals surface area contributed by atoms with Crippen LogP contribution in [0.15, 0.2) is 29.0 Å². The van der Waals surface area contributed by atoms with Gasteiger partial charge >= 0.3 is 0 Å². The second-order valence-corrected chi connectivity index (χ2v) is 5.17. The van der Waals surface area contributed by atoms with E-state index in [-0.39, 0.29) is 0 Å². The van der Waals surface area contributed by atoms with Gasteiger partial charge in [-0.25, -0.2) is 9.97 Å². The number of ether oxygens (including phenoxy) is 1. The maximum absolute atomic E-state index is 6.00. The van der Waals surface area contributed by atoms with Gasteiger partial charge in [0.05, 0.1) is 11.6 Å². The number of halogens is 2. The highest BCUT2D eigenvalue weighted by Gasteiger charge is 2.08. The highest BCUT2D eigenvalue weighted by Crippen LogP contribution is 2.28. The van der Waals surface area contributed by atoms with Gasteiger partial charge in [0.1, 0.15) is 17.8 Å². The van der Waals surface area contributed by atoms with Gasteiger partial charge in [0.2, 0.25) is 0 Å². The monoisotopic (exact) mass is 356 g/mol. The molecule has 7 heteroatoms.